The van der Waals surface area contributed by atoms with E-state index in [0.29, 0.717) is 0 Å². The number of hydrogen-bond donors (Lipinski definition) is 0. The van der Waals surface area contributed by atoms with Crippen LogP contribution in [0.3, 0.4) is 0 Å². The number of allylic oxidation sites excluding steroid dienone is 4. The zero-order valence-corrected chi connectivity index (χ0v) is 62.4. The average Bonchev–Trinajstić information content (AvgIpc) is 1.53. The van der Waals surface area contributed by atoms with Crippen LogP contribution >= 0.6 is 0 Å². The van der Waals surface area contributed by atoms with E-state index >= 15 is 0 Å². The van der Waals surface area contributed by atoms with Gasteiger partial charge in [0.15, 0.2) is 16.1 Å². The number of aryl methyl sites for hydroxylation is 2. The molecule has 1 aliphatic carbocycles. The number of pyridine rings is 8. The van der Waals surface area contributed by atoms with Crippen molar-refractivity contribution in [1.82, 2.24) is 39.9 Å². The predicted molar refractivity (Wildman–Crippen MR) is 457 cm³/mol. The third kappa shape index (κ3) is 10.6. The van der Waals surface area contributed by atoms with Crippen LogP contribution in [-0.2, 0) is 0 Å². The van der Waals surface area contributed by atoms with Gasteiger partial charge in [-0.1, -0.05) is 254 Å². The van der Waals surface area contributed by atoms with Crippen LogP contribution in [0.15, 0.2) is 364 Å². The molecular weight excluding hydrogens is 1370 g/mol. The maximum absolute atomic E-state index is 5.60. The van der Waals surface area contributed by atoms with Crippen LogP contribution in [0.25, 0.3) is 145 Å². The maximum Gasteiger partial charge on any atom is 0.180 e. The molecular formula is C100H68N8Si2. The predicted octanol–water partition coefficient (Wildman–Crippen LogP) is 18.8. The highest BCUT2D eigenvalue weighted by Gasteiger charge is 2.51. The molecule has 516 valence electrons. The number of nitrogens with zero attached hydrogens (tertiary/aromatic N) is 8. The second kappa shape index (κ2) is 26.1. The first-order valence-electron chi connectivity index (χ1n) is 37.7. The average molecular weight is 1440 g/mol. The number of benzene rings is 10. The molecule has 0 saturated carbocycles. The molecule has 0 saturated heterocycles. The lowest BCUT2D eigenvalue weighted by Gasteiger charge is -2.34. The Hall–Kier alpha value is -13.6. The van der Waals surface area contributed by atoms with Crippen molar-refractivity contribution in [3.05, 3.63) is 380 Å². The largest absolute Gasteiger partial charge is 0.261 e. The first-order chi connectivity index (χ1) is 54.3. The van der Waals surface area contributed by atoms with Crippen LogP contribution in [-0.4, -0.2) is 56.0 Å². The molecule has 8 nitrogen and oxygen atoms in total. The van der Waals surface area contributed by atoms with Gasteiger partial charge < -0.3 is 0 Å². The number of aromatic nitrogens is 8. The van der Waals surface area contributed by atoms with E-state index in [1.54, 1.807) is 0 Å². The lowest BCUT2D eigenvalue weighted by atomic mass is 9.97. The smallest absolute Gasteiger partial charge is 0.180 e. The lowest BCUT2D eigenvalue weighted by molar-refractivity contribution is 0.813. The van der Waals surface area contributed by atoms with Crippen LogP contribution in [0.4, 0.5) is 0 Å². The first-order valence-corrected chi connectivity index (χ1v) is 41.7. The molecule has 10 heteroatoms. The topological polar surface area (TPSA) is 103 Å². The molecule has 8 aromatic heterocycles. The van der Waals surface area contributed by atoms with Crippen molar-refractivity contribution in [3.63, 3.8) is 0 Å². The van der Waals surface area contributed by atoms with Gasteiger partial charge in [0, 0.05) is 96.9 Å². The monoisotopic (exact) mass is 1440 g/mol. The van der Waals surface area contributed by atoms with Gasteiger partial charge in [-0.05, 0) is 175 Å². The summed E-state index contributed by atoms with van der Waals surface area (Å²) in [5, 5.41) is 14.9. The molecule has 2 atom stereocenters. The van der Waals surface area contributed by atoms with Crippen molar-refractivity contribution >= 4 is 96.1 Å². The zero-order valence-electron chi connectivity index (χ0n) is 60.4. The Morgan fingerprint density at radius 2 is 0.618 bits per heavy atom. The molecule has 3 aliphatic rings. The molecule has 10 aromatic carbocycles. The third-order valence-electron chi connectivity index (χ3n) is 23.0. The molecule has 0 spiro atoms. The molecule has 21 rings (SSSR count). The molecule has 0 amide bonds. The lowest BCUT2D eigenvalue weighted by Crippen LogP contribution is -2.72. The molecule has 0 fully saturated rings. The highest BCUT2D eigenvalue weighted by Crippen LogP contribution is 2.42. The normalized spacial score (nSPS) is 15.2. The van der Waals surface area contributed by atoms with E-state index in [0.717, 1.165) is 135 Å². The summed E-state index contributed by atoms with van der Waals surface area (Å²) in [4.78, 5) is 41.7. The van der Waals surface area contributed by atoms with Gasteiger partial charge in [0.1, 0.15) is 0 Å². The second-order valence-electron chi connectivity index (χ2n) is 29.4. The highest BCUT2D eigenvalue weighted by atomic mass is 28.3. The standard InChI is InChI=1S/C100H68N8Si2/c1-63-30-46-93-81(54-63)83-61-75(40-48-95(83)109(93,77-22-12-18-71(57-77)85-26-3-7-50-101-85)78-23-13-19-72(58-78)86-27-4-8-51-102-86)91-44-38-67-34-32-65-36-42-89(105-97(65)99(67)107-91)69-16-11-17-70(56-69)90-43-37-66-33-35-68-39-45-92(108-100(68)98(66)106-90)76-41-49-96-84(62-76)82-55-64(2)31-47-94(82)110(96,79-24-14-20-73(59-79)87-28-5-9-52-103-87)80-25-15-21-74(60-80)88-29-6-10-53-104-88/h3-20,22-62,74H,21H2,1-2H3. The third-order valence-corrected chi connectivity index (χ3v) is 32.7. The van der Waals surface area contributed by atoms with Crippen LogP contribution in [0, 0.1) is 13.8 Å². The molecule has 18 aromatic rings. The van der Waals surface area contributed by atoms with Crippen LogP contribution < -0.4 is 36.3 Å². The van der Waals surface area contributed by atoms with Gasteiger partial charge in [0.05, 0.1) is 61.9 Å². The summed E-state index contributed by atoms with van der Waals surface area (Å²) in [5.41, 5.74) is 25.7. The van der Waals surface area contributed by atoms with E-state index in [-0.39, 0.29) is 5.92 Å². The first kappa shape index (κ1) is 64.7. The SMILES string of the molecule is Cc1ccc2c(c1)-c1cc(-c3ccc4ccc5ccc(-c6cccc(-c7ccc8ccc9ccc(-c%10ccc%11c(c%10)-c%10cc(C)ccc%10[Si]%11(c%10cccc(-c%11ccccn%11)c%10)c%10cccc(-c%11ccccn%11)c%10)nc9c8n7)c6)nc5c4n3)ccc1[Si]2(C1=CC(c2ccccn2)CC=C1)c1cccc(-c2ccccn2)c1. The van der Waals surface area contributed by atoms with Crippen LogP contribution in [0.1, 0.15) is 29.2 Å². The minimum atomic E-state index is -3.02. The van der Waals surface area contributed by atoms with Crippen molar-refractivity contribution in [2.75, 3.05) is 0 Å². The Labute approximate surface area is 639 Å². The molecule has 2 aliphatic heterocycles. The minimum absolute atomic E-state index is 0.145. The van der Waals surface area contributed by atoms with Gasteiger partial charge >= 0.3 is 0 Å². The van der Waals surface area contributed by atoms with E-state index in [2.05, 4.69) is 323 Å². The summed E-state index contributed by atoms with van der Waals surface area (Å²) in [6, 6.07) is 115. The summed E-state index contributed by atoms with van der Waals surface area (Å²) in [6.45, 7) is 4.41. The molecule has 0 radical (unpaired) electrons. The second-order valence-corrected chi connectivity index (χ2v) is 36.9. The highest BCUT2D eigenvalue weighted by molar-refractivity contribution is 7.22. The van der Waals surface area contributed by atoms with Gasteiger partial charge in [-0.3, -0.25) is 19.9 Å². The van der Waals surface area contributed by atoms with E-state index in [4.69, 9.17) is 39.9 Å². The minimum Gasteiger partial charge on any atom is -0.261 e. The Bertz CT molecular complexity index is 6780. The Kier molecular flexibility index (Phi) is 15.4. The summed E-state index contributed by atoms with van der Waals surface area (Å²) in [6.07, 6.45) is 15.8. The summed E-state index contributed by atoms with van der Waals surface area (Å²) in [7, 11) is -6.01. The number of rotatable bonds is 12. The molecule has 10 heterocycles. The van der Waals surface area contributed by atoms with Gasteiger partial charge in [-0.2, -0.15) is 0 Å². The molecule has 110 heavy (non-hydrogen) atoms. The van der Waals surface area contributed by atoms with Gasteiger partial charge in [-0.15, -0.1) is 0 Å². The van der Waals surface area contributed by atoms with E-state index in [9.17, 15) is 0 Å². The van der Waals surface area contributed by atoms with Crippen molar-refractivity contribution in [2.45, 2.75) is 26.2 Å². The zero-order chi connectivity index (χ0) is 73.0. The number of fused-ring (bicyclic) bond motifs is 12. The Morgan fingerprint density at radius 1 is 0.273 bits per heavy atom. The van der Waals surface area contributed by atoms with E-state index < -0.39 is 16.1 Å². The molecule has 0 bridgehead atoms. The van der Waals surface area contributed by atoms with Crippen molar-refractivity contribution in [3.8, 4) is 101 Å². The van der Waals surface area contributed by atoms with Gasteiger partial charge in [-0.25, -0.2) is 19.9 Å². The van der Waals surface area contributed by atoms with E-state index in [1.165, 1.54) is 74.9 Å². The summed E-state index contributed by atoms with van der Waals surface area (Å²) in [5.74, 6) is 0.145. The number of hydrogen-bond acceptors (Lipinski definition) is 8. The summed E-state index contributed by atoms with van der Waals surface area (Å²) < 4.78 is 0. The van der Waals surface area contributed by atoms with Crippen LogP contribution in [0.2, 0.25) is 0 Å². The van der Waals surface area contributed by atoms with Crippen molar-refractivity contribution in [2.24, 2.45) is 0 Å². The Balaban J connectivity index is 0.638. The fourth-order valence-corrected chi connectivity index (χ4v) is 28.4. The van der Waals surface area contributed by atoms with E-state index in [1.807, 2.05) is 49.1 Å². The molecule has 0 N–H and O–H groups in total. The van der Waals surface area contributed by atoms with Crippen molar-refractivity contribution in [1.29, 1.82) is 0 Å². The van der Waals surface area contributed by atoms with Crippen molar-refractivity contribution < 1.29 is 0 Å². The fraction of sp³-hybridized carbons (Fsp3) is 0.0400. The molecule has 2 unspecified atom stereocenters. The van der Waals surface area contributed by atoms with Gasteiger partial charge in [0.25, 0.3) is 0 Å². The quantitative estimate of drug-likeness (QED) is 0.0880. The summed E-state index contributed by atoms with van der Waals surface area (Å²) >= 11 is 0. The van der Waals surface area contributed by atoms with Gasteiger partial charge in [0.2, 0.25) is 0 Å². The fourth-order valence-electron chi connectivity index (χ4n) is 17.9. The maximum atomic E-state index is 5.60. The van der Waals surface area contributed by atoms with Crippen LogP contribution in [0.5, 0.6) is 0 Å². The Morgan fingerprint density at radius 3 is 1.02 bits per heavy atom.